The highest BCUT2D eigenvalue weighted by Gasteiger charge is 2.24. The van der Waals surface area contributed by atoms with Gasteiger partial charge in [-0.3, -0.25) is 4.98 Å². The molecule has 1 aliphatic carbocycles. The number of ether oxygens (including phenoxy) is 2. The Morgan fingerprint density at radius 2 is 1.82 bits per heavy atom. The number of benzene rings is 1. The van der Waals surface area contributed by atoms with Crippen LogP contribution in [0.2, 0.25) is 0 Å². The number of aromatic nitrogens is 2. The first-order chi connectivity index (χ1) is 16.4. The van der Waals surface area contributed by atoms with Gasteiger partial charge in [-0.25, -0.2) is 0 Å². The summed E-state index contributed by atoms with van der Waals surface area (Å²) in [5.74, 6) is 0.0558. The van der Waals surface area contributed by atoms with Crippen molar-refractivity contribution in [1.82, 2.24) is 4.98 Å². The normalized spacial score (nSPS) is 15.6. The standard InChI is InChI=1S/C26H28F2N2O4/c1-17(16-31)20-5-7-23(29-15-20)22(13-18-9-11-30(32)12-10-18)19-6-8-24(34-26(27)28)25(14-19)33-21-3-2-4-21/h5-12,14-15,17,21-22,26,31H,2-4,13,16H2,1H3. The molecule has 0 bridgehead atoms. The van der Waals surface area contributed by atoms with Crippen molar-refractivity contribution < 1.29 is 28.1 Å². The van der Waals surface area contributed by atoms with Crippen LogP contribution < -0.4 is 14.2 Å². The number of aliphatic hydroxyl groups is 1. The maximum atomic E-state index is 13.0. The minimum absolute atomic E-state index is 0.00674. The van der Waals surface area contributed by atoms with E-state index in [0.717, 1.165) is 46.4 Å². The van der Waals surface area contributed by atoms with E-state index >= 15 is 0 Å². The van der Waals surface area contributed by atoms with Crippen molar-refractivity contribution in [2.24, 2.45) is 0 Å². The van der Waals surface area contributed by atoms with Gasteiger partial charge in [0.25, 0.3) is 0 Å². The summed E-state index contributed by atoms with van der Waals surface area (Å²) in [7, 11) is 0. The quantitative estimate of drug-likeness (QED) is 0.343. The van der Waals surface area contributed by atoms with Crippen molar-refractivity contribution in [3.05, 3.63) is 88.6 Å². The van der Waals surface area contributed by atoms with E-state index in [2.05, 4.69) is 4.98 Å². The van der Waals surface area contributed by atoms with Gasteiger partial charge in [-0.1, -0.05) is 19.1 Å². The molecule has 1 saturated carbocycles. The SMILES string of the molecule is CC(CO)c1ccc(C(Cc2cc[n+]([O-])cc2)c2ccc(OC(F)F)c(OC3CCC3)c2)nc1. The number of alkyl halides is 2. The molecule has 4 rings (SSSR count). The Morgan fingerprint density at radius 3 is 2.41 bits per heavy atom. The summed E-state index contributed by atoms with van der Waals surface area (Å²) in [6.07, 6.45) is 7.98. The van der Waals surface area contributed by atoms with Crippen molar-refractivity contribution in [3.8, 4) is 11.5 Å². The van der Waals surface area contributed by atoms with Gasteiger partial charge in [0.05, 0.1) is 6.10 Å². The lowest BCUT2D eigenvalue weighted by molar-refractivity contribution is -0.605. The Balaban J connectivity index is 1.70. The molecule has 1 aromatic carbocycles. The lowest BCUT2D eigenvalue weighted by Gasteiger charge is -2.28. The molecule has 180 valence electrons. The largest absolute Gasteiger partial charge is 0.619 e. The number of hydrogen-bond acceptors (Lipinski definition) is 5. The minimum Gasteiger partial charge on any atom is -0.619 e. The molecule has 0 aliphatic heterocycles. The number of nitrogens with zero attached hydrogens (tertiary/aromatic N) is 2. The van der Waals surface area contributed by atoms with Crippen LogP contribution in [-0.2, 0) is 6.42 Å². The Morgan fingerprint density at radius 1 is 1.09 bits per heavy atom. The lowest BCUT2D eigenvalue weighted by atomic mass is 9.88. The molecule has 0 amide bonds. The van der Waals surface area contributed by atoms with Crippen LogP contribution in [0.1, 0.15) is 60.4 Å². The number of halogens is 2. The Labute approximate surface area is 197 Å². The highest BCUT2D eigenvalue weighted by atomic mass is 19.3. The van der Waals surface area contributed by atoms with Crippen molar-refractivity contribution in [1.29, 1.82) is 0 Å². The zero-order chi connectivity index (χ0) is 24.1. The molecule has 0 saturated heterocycles. The summed E-state index contributed by atoms with van der Waals surface area (Å²) in [6, 6.07) is 12.4. The predicted octanol–water partition coefficient (Wildman–Crippen LogP) is 4.72. The minimum atomic E-state index is -2.95. The molecule has 0 radical (unpaired) electrons. The molecule has 6 nitrogen and oxygen atoms in total. The van der Waals surface area contributed by atoms with Gasteiger partial charge in [0.2, 0.25) is 0 Å². The van der Waals surface area contributed by atoms with Gasteiger partial charge in [-0.05, 0) is 60.6 Å². The van der Waals surface area contributed by atoms with Gasteiger partial charge in [0.1, 0.15) is 0 Å². The smallest absolute Gasteiger partial charge is 0.387 e. The Bertz CT molecular complexity index is 1070. The lowest BCUT2D eigenvalue weighted by Crippen LogP contribution is -2.25. The Kier molecular flexibility index (Phi) is 7.57. The fourth-order valence-corrected chi connectivity index (χ4v) is 3.92. The van der Waals surface area contributed by atoms with Crippen LogP contribution in [-0.4, -0.2) is 29.4 Å². The van der Waals surface area contributed by atoms with Crippen molar-refractivity contribution in [2.75, 3.05) is 6.61 Å². The first-order valence-corrected chi connectivity index (χ1v) is 11.4. The number of rotatable bonds is 10. The summed E-state index contributed by atoms with van der Waals surface area (Å²) >= 11 is 0. The van der Waals surface area contributed by atoms with Gasteiger partial charge < -0.3 is 19.8 Å². The third-order valence-electron chi connectivity index (χ3n) is 6.25. The molecular formula is C26H28F2N2O4. The summed E-state index contributed by atoms with van der Waals surface area (Å²) in [5.41, 5.74) is 3.47. The van der Waals surface area contributed by atoms with Crippen LogP contribution >= 0.6 is 0 Å². The molecule has 0 spiro atoms. The van der Waals surface area contributed by atoms with Crippen molar-refractivity contribution >= 4 is 0 Å². The second kappa shape index (κ2) is 10.8. The van der Waals surface area contributed by atoms with Crippen LogP contribution in [0.3, 0.4) is 0 Å². The van der Waals surface area contributed by atoms with Crippen LogP contribution in [0.25, 0.3) is 0 Å². The zero-order valence-corrected chi connectivity index (χ0v) is 18.9. The van der Waals surface area contributed by atoms with E-state index in [1.165, 1.54) is 18.5 Å². The van der Waals surface area contributed by atoms with Crippen LogP contribution in [0.5, 0.6) is 11.5 Å². The van der Waals surface area contributed by atoms with Gasteiger partial charge >= 0.3 is 6.61 Å². The molecule has 2 heterocycles. The average Bonchev–Trinajstić information content (AvgIpc) is 2.81. The molecule has 1 fully saturated rings. The third-order valence-corrected chi connectivity index (χ3v) is 6.25. The second-order valence-electron chi connectivity index (χ2n) is 8.68. The van der Waals surface area contributed by atoms with E-state index in [4.69, 9.17) is 9.47 Å². The van der Waals surface area contributed by atoms with Crippen LogP contribution in [0.15, 0.2) is 61.1 Å². The summed E-state index contributed by atoms with van der Waals surface area (Å²) in [4.78, 5) is 4.66. The fraction of sp³-hybridized carbons (Fsp3) is 0.385. The van der Waals surface area contributed by atoms with E-state index in [9.17, 15) is 19.1 Å². The number of aliphatic hydroxyl groups excluding tert-OH is 1. The molecule has 34 heavy (non-hydrogen) atoms. The zero-order valence-electron chi connectivity index (χ0n) is 18.9. The van der Waals surface area contributed by atoms with Gasteiger partial charge in [-0.15, -0.1) is 0 Å². The fourth-order valence-electron chi connectivity index (χ4n) is 3.92. The van der Waals surface area contributed by atoms with Crippen molar-refractivity contribution in [2.45, 2.75) is 57.2 Å². The maximum absolute atomic E-state index is 13.0. The summed E-state index contributed by atoms with van der Waals surface area (Å²) < 4.78 is 37.4. The van der Waals surface area contributed by atoms with Crippen LogP contribution in [0.4, 0.5) is 8.78 Å². The maximum Gasteiger partial charge on any atom is 0.387 e. The molecule has 8 heteroatoms. The van der Waals surface area contributed by atoms with E-state index in [-0.39, 0.29) is 30.3 Å². The molecule has 3 aromatic rings. The number of hydrogen-bond donors (Lipinski definition) is 1. The summed E-state index contributed by atoms with van der Waals surface area (Å²) in [5, 5.41) is 20.9. The topological polar surface area (TPSA) is 78.5 Å². The highest BCUT2D eigenvalue weighted by molar-refractivity contribution is 5.46. The molecule has 2 atom stereocenters. The number of pyridine rings is 2. The van der Waals surface area contributed by atoms with E-state index < -0.39 is 6.61 Å². The van der Waals surface area contributed by atoms with E-state index in [1.54, 1.807) is 30.5 Å². The average molecular weight is 471 g/mol. The molecule has 2 aromatic heterocycles. The summed E-state index contributed by atoms with van der Waals surface area (Å²) in [6.45, 7) is -1.00. The molecule has 2 unspecified atom stereocenters. The molecule has 1 aliphatic rings. The van der Waals surface area contributed by atoms with E-state index in [1.807, 2.05) is 19.1 Å². The molecule has 1 N–H and O–H groups in total. The first-order valence-electron chi connectivity index (χ1n) is 11.4. The third kappa shape index (κ3) is 5.80. The molecular weight excluding hydrogens is 442 g/mol. The monoisotopic (exact) mass is 470 g/mol. The van der Waals surface area contributed by atoms with Gasteiger partial charge in [0, 0.05) is 42.5 Å². The highest BCUT2D eigenvalue weighted by Crippen LogP contribution is 2.38. The predicted molar refractivity (Wildman–Crippen MR) is 122 cm³/mol. The second-order valence-corrected chi connectivity index (χ2v) is 8.68. The van der Waals surface area contributed by atoms with Gasteiger partial charge in [-0.2, -0.15) is 13.5 Å². The first kappa shape index (κ1) is 23.9. The Hall–Kier alpha value is -3.26. The van der Waals surface area contributed by atoms with Crippen molar-refractivity contribution in [3.63, 3.8) is 0 Å². The van der Waals surface area contributed by atoms with Crippen LogP contribution in [0, 0.1) is 5.21 Å². The van der Waals surface area contributed by atoms with E-state index in [0.29, 0.717) is 12.2 Å². The van der Waals surface area contributed by atoms with Gasteiger partial charge in [0.15, 0.2) is 23.9 Å².